The van der Waals surface area contributed by atoms with E-state index in [4.69, 9.17) is 0 Å². The van der Waals surface area contributed by atoms with E-state index in [1.54, 1.807) is 0 Å². The minimum Gasteiger partial charge on any atom is -0.347 e. The number of hydrogen-bond acceptors (Lipinski definition) is 3. The topological polar surface area (TPSA) is 70.2 Å². The van der Waals surface area contributed by atoms with E-state index < -0.39 is 0 Å². The molecule has 1 rings (SSSR count). The quantitative estimate of drug-likeness (QED) is 0.642. The molecule has 19 heavy (non-hydrogen) atoms. The molecular formula is C13H18FN3O2. The molecule has 104 valence electrons. The maximum atomic E-state index is 12.7. The Bertz CT molecular complexity index is 420. The molecule has 0 aliphatic carbocycles. The highest BCUT2D eigenvalue weighted by Gasteiger charge is 2.05. The monoisotopic (exact) mass is 267 g/mol. The number of carbonyl (C=O) groups is 2. The summed E-state index contributed by atoms with van der Waals surface area (Å²) in [5.74, 6) is -0.867. The second kappa shape index (κ2) is 8.20. The number of halogens is 1. The van der Waals surface area contributed by atoms with Gasteiger partial charge in [-0.3, -0.25) is 9.59 Å². The molecule has 3 N–H and O–H groups in total. The van der Waals surface area contributed by atoms with Crippen molar-refractivity contribution in [3.63, 3.8) is 0 Å². The smallest absolute Gasteiger partial charge is 0.243 e. The van der Waals surface area contributed by atoms with Gasteiger partial charge in [0, 0.05) is 12.1 Å². The Morgan fingerprint density at radius 2 is 1.84 bits per heavy atom. The van der Waals surface area contributed by atoms with Crippen molar-refractivity contribution in [2.75, 3.05) is 25.5 Å². The Morgan fingerprint density at radius 1 is 1.16 bits per heavy atom. The second-order valence-corrected chi connectivity index (χ2v) is 4.04. The number of nitrogens with one attached hydrogen (secondary N) is 3. The van der Waals surface area contributed by atoms with E-state index in [9.17, 15) is 14.0 Å². The lowest BCUT2D eigenvalue weighted by Crippen LogP contribution is -2.33. The van der Waals surface area contributed by atoms with Crippen LogP contribution in [0.1, 0.15) is 12.8 Å². The molecule has 0 aliphatic heterocycles. The van der Waals surface area contributed by atoms with Gasteiger partial charge >= 0.3 is 0 Å². The first-order valence-corrected chi connectivity index (χ1v) is 6.08. The molecule has 0 aliphatic rings. The zero-order valence-corrected chi connectivity index (χ0v) is 10.8. The minimum absolute atomic E-state index is 0.0875. The van der Waals surface area contributed by atoms with E-state index >= 15 is 0 Å². The highest BCUT2D eigenvalue weighted by atomic mass is 19.1. The lowest BCUT2D eigenvalue weighted by atomic mass is 10.3. The summed E-state index contributed by atoms with van der Waals surface area (Å²) >= 11 is 0. The van der Waals surface area contributed by atoms with E-state index in [-0.39, 0.29) is 24.2 Å². The van der Waals surface area contributed by atoms with E-state index in [2.05, 4.69) is 16.0 Å². The lowest BCUT2D eigenvalue weighted by Gasteiger charge is -2.07. The summed E-state index contributed by atoms with van der Waals surface area (Å²) in [6.07, 6.45) is 1.10. The fourth-order valence-corrected chi connectivity index (χ4v) is 1.43. The van der Waals surface area contributed by atoms with Crippen LogP contribution in [0, 0.1) is 5.82 Å². The van der Waals surface area contributed by atoms with Crippen LogP contribution in [-0.2, 0) is 9.59 Å². The zero-order chi connectivity index (χ0) is 14.1. The molecule has 0 radical (unpaired) electrons. The van der Waals surface area contributed by atoms with Crippen molar-refractivity contribution in [2.45, 2.75) is 12.8 Å². The minimum atomic E-state index is -0.365. The second-order valence-electron chi connectivity index (χ2n) is 4.04. The van der Waals surface area contributed by atoms with Crippen LogP contribution in [0.15, 0.2) is 24.3 Å². The van der Waals surface area contributed by atoms with Gasteiger partial charge in [0.1, 0.15) is 5.82 Å². The van der Waals surface area contributed by atoms with Gasteiger partial charge in [0.2, 0.25) is 11.8 Å². The fourth-order valence-electron chi connectivity index (χ4n) is 1.43. The summed E-state index contributed by atoms with van der Waals surface area (Å²) in [5.41, 5.74) is 0.496. The summed E-state index contributed by atoms with van der Waals surface area (Å²) < 4.78 is 12.7. The van der Waals surface area contributed by atoms with E-state index in [0.717, 1.165) is 13.0 Å². The summed E-state index contributed by atoms with van der Waals surface area (Å²) in [4.78, 5) is 22.9. The first-order chi connectivity index (χ1) is 9.11. The van der Waals surface area contributed by atoms with Crippen LogP contribution in [0.2, 0.25) is 0 Å². The fraction of sp³-hybridized carbons (Fsp3) is 0.385. The molecule has 0 bridgehead atoms. The molecule has 0 spiro atoms. The van der Waals surface area contributed by atoms with Crippen LogP contribution >= 0.6 is 0 Å². The molecule has 1 aromatic rings. The van der Waals surface area contributed by atoms with Gasteiger partial charge in [0.25, 0.3) is 0 Å². The third kappa shape index (κ3) is 6.52. The number of anilines is 1. The van der Waals surface area contributed by atoms with Crippen LogP contribution in [0.5, 0.6) is 0 Å². The van der Waals surface area contributed by atoms with Crippen LogP contribution in [-0.4, -0.2) is 32.0 Å². The maximum absolute atomic E-state index is 12.7. The lowest BCUT2D eigenvalue weighted by molar-refractivity contribution is -0.124. The molecule has 0 saturated carbocycles. The molecule has 0 unspecified atom stereocenters. The Hall–Kier alpha value is -1.95. The summed E-state index contributed by atoms with van der Waals surface area (Å²) in [5, 5.41) is 8.01. The molecule has 0 saturated heterocycles. The number of hydrogen-bond donors (Lipinski definition) is 3. The van der Waals surface area contributed by atoms with E-state index in [0.29, 0.717) is 12.1 Å². The molecule has 0 aromatic heterocycles. The maximum Gasteiger partial charge on any atom is 0.243 e. The van der Waals surface area contributed by atoms with Crippen LogP contribution in [0.25, 0.3) is 0 Å². The van der Waals surface area contributed by atoms with Crippen molar-refractivity contribution >= 4 is 17.5 Å². The van der Waals surface area contributed by atoms with Crippen molar-refractivity contribution < 1.29 is 14.0 Å². The van der Waals surface area contributed by atoms with Crippen LogP contribution in [0.3, 0.4) is 0 Å². The van der Waals surface area contributed by atoms with E-state index in [1.165, 1.54) is 24.3 Å². The van der Waals surface area contributed by atoms with Gasteiger partial charge in [-0.25, -0.2) is 4.39 Å². The standard InChI is InChI=1S/C13H18FN3O2/c1-15-8-2-3-12(18)16-9-13(19)17-11-6-4-10(14)5-7-11/h4-7,15H,2-3,8-9H2,1H3,(H,16,18)(H,17,19). The molecule has 0 atom stereocenters. The highest BCUT2D eigenvalue weighted by molar-refractivity contribution is 5.94. The van der Waals surface area contributed by atoms with E-state index in [1.807, 2.05) is 7.05 Å². The normalized spacial score (nSPS) is 10.0. The summed E-state index contributed by atoms with van der Waals surface area (Å²) in [7, 11) is 1.81. The van der Waals surface area contributed by atoms with Gasteiger partial charge < -0.3 is 16.0 Å². The molecule has 6 heteroatoms. The predicted octanol–water partition coefficient (Wildman–Crippen LogP) is 0.880. The Balaban J connectivity index is 2.24. The molecular weight excluding hydrogens is 249 g/mol. The van der Waals surface area contributed by atoms with Gasteiger partial charge in [-0.2, -0.15) is 0 Å². The number of carbonyl (C=O) groups excluding carboxylic acids is 2. The molecule has 1 aromatic carbocycles. The molecule has 0 heterocycles. The van der Waals surface area contributed by atoms with Crippen LogP contribution < -0.4 is 16.0 Å². The van der Waals surface area contributed by atoms with Crippen molar-refractivity contribution in [2.24, 2.45) is 0 Å². The first-order valence-electron chi connectivity index (χ1n) is 6.08. The average Bonchev–Trinajstić information content (AvgIpc) is 2.39. The largest absolute Gasteiger partial charge is 0.347 e. The Labute approximate surface area is 111 Å². The third-order valence-corrected chi connectivity index (χ3v) is 2.40. The Morgan fingerprint density at radius 3 is 2.47 bits per heavy atom. The highest BCUT2D eigenvalue weighted by Crippen LogP contribution is 2.07. The molecule has 5 nitrogen and oxygen atoms in total. The SMILES string of the molecule is CNCCCC(=O)NCC(=O)Nc1ccc(F)cc1. The van der Waals surface area contributed by atoms with Gasteiger partial charge in [0.05, 0.1) is 6.54 Å². The van der Waals surface area contributed by atoms with Crippen molar-refractivity contribution in [1.82, 2.24) is 10.6 Å². The van der Waals surface area contributed by atoms with Crippen molar-refractivity contribution in [1.29, 1.82) is 0 Å². The third-order valence-electron chi connectivity index (χ3n) is 2.40. The van der Waals surface area contributed by atoms with Crippen LogP contribution in [0.4, 0.5) is 10.1 Å². The van der Waals surface area contributed by atoms with Crippen molar-refractivity contribution in [3.8, 4) is 0 Å². The van der Waals surface area contributed by atoms with Gasteiger partial charge in [-0.1, -0.05) is 0 Å². The van der Waals surface area contributed by atoms with Gasteiger partial charge in [-0.15, -0.1) is 0 Å². The summed E-state index contributed by atoms with van der Waals surface area (Å²) in [6.45, 7) is 0.672. The Kier molecular flexibility index (Phi) is 6.52. The molecule has 2 amide bonds. The summed E-state index contributed by atoms with van der Waals surface area (Å²) in [6, 6.07) is 5.43. The zero-order valence-electron chi connectivity index (χ0n) is 10.8. The van der Waals surface area contributed by atoms with Gasteiger partial charge in [-0.05, 0) is 44.3 Å². The molecule has 0 fully saturated rings. The predicted molar refractivity (Wildman–Crippen MR) is 71.2 cm³/mol. The number of benzene rings is 1. The number of amides is 2. The van der Waals surface area contributed by atoms with Crippen molar-refractivity contribution in [3.05, 3.63) is 30.1 Å². The first kappa shape index (κ1) is 15.1. The van der Waals surface area contributed by atoms with Gasteiger partial charge in [0.15, 0.2) is 0 Å². The number of rotatable bonds is 7. The average molecular weight is 267 g/mol.